The van der Waals surface area contributed by atoms with Gasteiger partial charge in [-0.2, -0.15) is 0 Å². The largest absolute Gasteiger partial charge is 0.357 e. The van der Waals surface area contributed by atoms with Crippen LogP contribution in [0.5, 0.6) is 0 Å². The van der Waals surface area contributed by atoms with Crippen molar-refractivity contribution in [2.75, 3.05) is 13.2 Å². The zero-order chi connectivity index (χ0) is 5.40. The molecule has 0 aromatic carbocycles. The van der Waals surface area contributed by atoms with Crippen molar-refractivity contribution >= 4 is 0 Å². The highest BCUT2D eigenvalue weighted by Crippen LogP contribution is 2.10. The maximum absolute atomic E-state index is 3.19. The van der Waals surface area contributed by atoms with Crippen LogP contribution in [0, 0.1) is 0 Å². The van der Waals surface area contributed by atoms with Crippen LogP contribution in [0.1, 0.15) is 6.42 Å². The topological polar surface area (TPSA) is 27.3 Å². The first-order chi connectivity index (χ1) is 3.97. The Morgan fingerprint density at radius 3 is 3.50 bits per heavy atom. The van der Waals surface area contributed by atoms with E-state index in [4.69, 9.17) is 0 Å². The van der Waals surface area contributed by atoms with Gasteiger partial charge in [0.2, 0.25) is 0 Å². The van der Waals surface area contributed by atoms with Crippen molar-refractivity contribution in [2.45, 2.75) is 6.42 Å². The third kappa shape index (κ3) is 0.419. The normalized spacial score (nSPS) is 25.0. The van der Waals surface area contributed by atoms with Crippen LogP contribution in [0.4, 0.5) is 0 Å². The second-order valence-corrected chi connectivity index (χ2v) is 2.04. The summed E-state index contributed by atoms with van der Waals surface area (Å²) in [5.74, 6) is 1.25. The SMILES string of the molecule is C1=C2NCNN2CC1. The molecular formula is C5H9N3. The first-order valence-corrected chi connectivity index (χ1v) is 2.92. The Morgan fingerprint density at radius 1 is 1.62 bits per heavy atom. The summed E-state index contributed by atoms with van der Waals surface area (Å²) in [6.45, 7) is 2.02. The molecule has 2 aliphatic heterocycles. The number of rotatable bonds is 0. The van der Waals surface area contributed by atoms with Crippen LogP contribution in [-0.2, 0) is 0 Å². The highest BCUT2D eigenvalue weighted by Gasteiger charge is 2.18. The number of nitrogens with one attached hydrogen (secondary N) is 2. The van der Waals surface area contributed by atoms with Crippen LogP contribution in [0.2, 0.25) is 0 Å². The molecule has 0 amide bonds. The van der Waals surface area contributed by atoms with Gasteiger partial charge >= 0.3 is 0 Å². The maximum atomic E-state index is 3.19. The fraction of sp³-hybridized carbons (Fsp3) is 0.600. The molecule has 0 saturated carbocycles. The quantitative estimate of drug-likeness (QED) is 0.445. The minimum atomic E-state index is 0.895. The molecule has 0 aromatic heterocycles. The molecule has 2 heterocycles. The lowest BCUT2D eigenvalue weighted by molar-refractivity contribution is 0.324. The molecule has 2 aliphatic rings. The molecule has 0 unspecified atom stereocenters. The summed E-state index contributed by atoms with van der Waals surface area (Å²) < 4.78 is 0. The lowest BCUT2D eigenvalue weighted by atomic mass is 10.5. The molecule has 0 bridgehead atoms. The summed E-state index contributed by atoms with van der Waals surface area (Å²) in [4.78, 5) is 0. The fourth-order valence-electron chi connectivity index (χ4n) is 1.12. The van der Waals surface area contributed by atoms with Gasteiger partial charge < -0.3 is 5.32 Å². The predicted molar refractivity (Wildman–Crippen MR) is 30.5 cm³/mol. The second-order valence-electron chi connectivity index (χ2n) is 2.04. The molecule has 1 fully saturated rings. The van der Waals surface area contributed by atoms with E-state index in [1.54, 1.807) is 0 Å². The van der Waals surface area contributed by atoms with Gasteiger partial charge in [0.05, 0.1) is 6.67 Å². The fourth-order valence-corrected chi connectivity index (χ4v) is 1.12. The average molecular weight is 111 g/mol. The van der Waals surface area contributed by atoms with E-state index >= 15 is 0 Å². The summed E-state index contributed by atoms with van der Waals surface area (Å²) in [7, 11) is 0. The van der Waals surface area contributed by atoms with Crippen LogP contribution in [0.3, 0.4) is 0 Å². The minimum Gasteiger partial charge on any atom is -0.357 e. The zero-order valence-corrected chi connectivity index (χ0v) is 4.65. The molecule has 0 atom stereocenters. The molecule has 1 saturated heterocycles. The van der Waals surface area contributed by atoms with E-state index in [0.717, 1.165) is 13.2 Å². The maximum Gasteiger partial charge on any atom is 0.113 e. The summed E-state index contributed by atoms with van der Waals surface area (Å²) in [6.07, 6.45) is 3.38. The molecule has 44 valence electrons. The van der Waals surface area contributed by atoms with Crippen LogP contribution in [-0.4, -0.2) is 18.2 Å². The van der Waals surface area contributed by atoms with Gasteiger partial charge in [-0.15, -0.1) is 0 Å². The molecule has 2 rings (SSSR count). The molecular weight excluding hydrogens is 102 g/mol. The first kappa shape index (κ1) is 4.21. The Bertz CT molecular complexity index is 130. The van der Waals surface area contributed by atoms with Crippen molar-refractivity contribution in [3.05, 3.63) is 11.9 Å². The monoisotopic (exact) mass is 111 g/mol. The van der Waals surface area contributed by atoms with Crippen LogP contribution >= 0.6 is 0 Å². The molecule has 3 nitrogen and oxygen atoms in total. The van der Waals surface area contributed by atoms with Crippen molar-refractivity contribution in [2.24, 2.45) is 0 Å². The molecule has 0 aromatic rings. The zero-order valence-electron chi connectivity index (χ0n) is 4.65. The summed E-state index contributed by atoms with van der Waals surface area (Å²) in [5, 5.41) is 5.33. The predicted octanol–water partition coefficient (Wildman–Crippen LogP) is -0.401. The van der Waals surface area contributed by atoms with Crippen molar-refractivity contribution in [3.8, 4) is 0 Å². The van der Waals surface area contributed by atoms with E-state index in [9.17, 15) is 0 Å². The van der Waals surface area contributed by atoms with Gasteiger partial charge in [0.1, 0.15) is 5.82 Å². The first-order valence-electron chi connectivity index (χ1n) is 2.92. The van der Waals surface area contributed by atoms with Gasteiger partial charge in [-0.3, -0.25) is 5.01 Å². The second kappa shape index (κ2) is 1.39. The number of hydrogen-bond donors (Lipinski definition) is 2. The summed E-state index contributed by atoms with van der Waals surface area (Å²) in [5.41, 5.74) is 3.17. The molecule has 0 aliphatic carbocycles. The van der Waals surface area contributed by atoms with E-state index < -0.39 is 0 Å². The number of hydrogen-bond acceptors (Lipinski definition) is 3. The van der Waals surface area contributed by atoms with E-state index in [1.807, 2.05) is 0 Å². The van der Waals surface area contributed by atoms with Gasteiger partial charge in [-0.25, -0.2) is 5.43 Å². The van der Waals surface area contributed by atoms with Crippen LogP contribution < -0.4 is 10.7 Å². The Balaban J connectivity index is 2.20. The lowest BCUT2D eigenvalue weighted by Gasteiger charge is -2.09. The Kier molecular flexibility index (Phi) is 0.729. The number of hydrazine groups is 1. The van der Waals surface area contributed by atoms with Crippen molar-refractivity contribution in [1.82, 2.24) is 15.8 Å². The van der Waals surface area contributed by atoms with Gasteiger partial charge in [0.15, 0.2) is 0 Å². The highest BCUT2D eigenvalue weighted by molar-refractivity contribution is 5.06. The van der Waals surface area contributed by atoms with E-state index in [-0.39, 0.29) is 0 Å². The summed E-state index contributed by atoms with van der Waals surface area (Å²) >= 11 is 0. The van der Waals surface area contributed by atoms with E-state index in [2.05, 4.69) is 21.8 Å². The third-order valence-corrected chi connectivity index (χ3v) is 1.52. The van der Waals surface area contributed by atoms with Gasteiger partial charge in [-0.1, -0.05) is 0 Å². The van der Waals surface area contributed by atoms with Crippen molar-refractivity contribution < 1.29 is 0 Å². The van der Waals surface area contributed by atoms with Crippen LogP contribution in [0.15, 0.2) is 11.9 Å². The molecule has 0 radical (unpaired) electrons. The standard InChI is InChI=1S/C5H9N3/c1-2-5-6-4-7-8(5)3-1/h2,6-7H,1,3-4H2. The Labute approximate surface area is 48.3 Å². The van der Waals surface area contributed by atoms with Gasteiger partial charge in [0, 0.05) is 6.54 Å². The van der Waals surface area contributed by atoms with E-state index in [1.165, 1.54) is 12.2 Å². The van der Waals surface area contributed by atoms with Crippen molar-refractivity contribution in [1.29, 1.82) is 0 Å². The Morgan fingerprint density at radius 2 is 2.62 bits per heavy atom. The third-order valence-electron chi connectivity index (χ3n) is 1.52. The minimum absolute atomic E-state index is 0.895. The highest BCUT2D eigenvalue weighted by atomic mass is 15.6. The molecule has 3 heteroatoms. The number of fused-ring (bicyclic) bond motifs is 1. The summed E-state index contributed by atoms with van der Waals surface area (Å²) in [6, 6.07) is 0. The van der Waals surface area contributed by atoms with Crippen LogP contribution in [0.25, 0.3) is 0 Å². The van der Waals surface area contributed by atoms with Gasteiger partial charge in [0.25, 0.3) is 0 Å². The average Bonchev–Trinajstić information content (AvgIpc) is 2.15. The lowest BCUT2D eigenvalue weighted by Crippen LogP contribution is -2.27. The molecule has 8 heavy (non-hydrogen) atoms. The molecule has 0 spiro atoms. The smallest absolute Gasteiger partial charge is 0.113 e. The van der Waals surface area contributed by atoms with Gasteiger partial charge in [-0.05, 0) is 12.5 Å². The van der Waals surface area contributed by atoms with Crippen molar-refractivity contribution in [3.63, 3.8) is 0 Å². The number of nitrogens with zero attached hydrogens (tertiary/aromatic N) is 1. The Hall–Kier alpha value is -0.700. The molecule has 2 N–H and O–H groups in total. The van der Waals surface area contributed by atoms with E-state index in [0.29, 0.717) is 0 Å².